The molecule has 0 saturated heterocycles. The minimum absolute atomic E-state index is 0.839. The van der Waals surface area contributed by atoms with Gasteiger partial charge in [-0.15, -0.1) is 0 Å². The van der Waals surface area contributed by atoms with Gasteiger partial charge >= 0.3 is 12.1 Å². The van der Waals surface area contributed by atoms with Crippen LogP contribution in [0.3, 0.4) is 0 Å². The molecule has 0 spiro atoms. The maximum atomic E-state index is 10.6. The summed E-state index contributed by atoms with van der Waals surface area (Å²) in [7, 11) is 1.96. The number of halogens is 3. The lowest BCUT2D eigenvalue weighted by atomic mass is 10.1. The van der Waals surface area contributed by atoms with Crippen LogP contribution in [-0.2, 0) is 18.4 Å². The van der Waals surface area contributed by atoms with Gasteiger partial charge in [-0.1, -0.05) is 18.2 Å². The molecule has 6 nitrogen and oxygen atoms in total. The highest BCUT2D eigenvalue weighted by atomic mass is 19.4. The second kappa shape index (κ2) is 7.65. The first-order chi connectivity index (χ1) is 11.8. The number of alkyl halides is 3. The molecular formula is C16H15F3N4O2. The molecule has 0 aliphatic carbocycles. The largest absolute Gasteiger partial charge is 0.490 e. The molecule has 3 aromatic rings. The number of carboxylic acids is 1. The highest BCUT2D eigenvalue weighted by Gasteiger charge is 2.38. The fraction of sp³-hybridized carbons (Fsp3) is 0.188. The van der Waals surface area contributed by atoms with Gasteiger partial charge in [0, 0.05) is 37.7 Å². The standard InChI is InChI=1S/C14H14N4.C2HF3O2/c1-17-14(5-6-16-17)13-4-2-3-12(9-13)10-18-8-7-15-11-18;3-2(4,5)1(6)7/h2-9,11H,10H2,1H3;(H,6,7). The van der Waals surface area contributed by atoms with Gasteiger partial charge < -0.3 is 9.67 Å². The molecule has 2 heterocycles. The predicted octanol–water partition coefficient (Wildman–Crippen LogP) is 2.97. The number of carbonyl (C=O) groups is 1. The van der Waals surface area contributed by atoms with Crippen LogP contribution in [-0.4, -0.2) is 36.6 Å². The van der Waals surface area contributed by atoms with Crippen molar-refractivity contribution in [1.29, 1.82) is 0 Å². The van der Waals surface area contributed by atoms with Crippen LogP contribution in [0.1, 0.15) is 5.56 Å². The van der Waals surface area contributed by atoms with Gasteiger partial charge in [-0.05, 0) is 17.7 Å². The van der Waals surface area contributed by atoms with Gasteiger partial charge in [0.2, 0.25) is 0 Å². The van der Waals surface area contributed by atoms with Crippen LogP contribution in [0.25, 0.3) is 11.3 Å². The van der Waals surface area contributed by atoms with E-state index in [-0.39, 0.29) is 0 Å². The van der Waals surface area contributed by atoms with Crippen molar-refractivity contribution in [2.75, 3.05) is 0 Å². The van der Waals surface area contributed by atoms with E-state index in [0.717, 1.165) is 12.2 Å². The molecule has 1 aromatic carbocycles. The van der Waals surface area contributed by atoms with Crippen LogP contribution in [0.15, 0.2) is 55.2 Å². The molecule has 0 aliphatic rings. The Balaban J connectivity index is 0.000000277. The highest BCUT2D eigenvalue weighted by molar-refractivity contribution is 5.73. The van der Waals surface area contributed by atoms with E-state index in [0.29, 0.717) is 0 Å². The summed E-state index contributed by atoms with van der Waals surface area (Å²) in [5.74, 6) is -2.76. The second-order valence-corrected chi connectivity index (χ2v) is 5.08. The van der Waals surface area contributed by atoms with Crippen molar-refractivity contribution in [1.82, 2.24) is 19.3 Å². The smallest absolute Gasteiger partial charge is 0.475 e. The summed E-state index contributed by atoms with van der Waals surface area (Å²) >= 11 is 0. The fourth-order valence-corrected chi connectivity index (χ4v) is 2.08. The van der Waals surface area contributed by atoms with Gasteiger partial charge in [-0.2, -0.15) is 18.3 Å². The maximum Gasteiger partial charge on any atom is 0.490 e. The van der Waals surface area contributed by atoms with Crippen LogP contribution < -0.4 is 0 Å². The summed E-state index contributed by atoms with van der Waals surface area (Å²) in [4.78, 5) is 12.9. The topological polar surface area (TPSA) is 72.9 Å². The Morgan fingerprint density at radius 3 is 2.48 bits per heavy atom. The molecule has 0 bridgehead atoms. The van der Waals surface area contributed by atoms with E-state index >= 15 is 0 Å². The highest BCUT2D eigenvalue weighted by Crippen LogP contribution is 2.19. The van der Waals surface area contributed by atoms with Gasteiger partial charge in [-0.3, -0.25) is 4.68 Å². The molecule has 9 heteroatoms. The Morgan fingerprint density at radius 2 is 1.96 bits per heavy atom. The summed E-state index contributed by atoms with van der Waals surface area (Å²) in [6.07, 6.45) is 2.33. The lowest BCUT2D eigenvalue weighted by Gasteiger charge is -2.06. The van der Waals surface area contributed by atoms with Crippen molar-refractivity contribution >= 4 is 5.97 Å². The fourth-order valence-electron chi connectivity index (χ4n) is 2.08. The monoisotopic (exact) mass is 352 g/mol. The van der Waals surface area contributed by atoms with Gasteiger partial charge in [-0.25, -0.2) is 9.78 Å². The zero-order chi connectivity index (χ0) is 18.4. The average molecular weight is 352 g/mol. The molecule has 0 fully saturated rings. The van der Waals surface area contributed by atoms with Crippen molar-refractivity contribution in [3.05, 3.63) is 60.8 Å². The van der Waals surface area contributed by atoms with Gasteiger partial charge in [0.1, 0.15) is 0 Å². The third-order valence-electron chi connectivity index (χ3n) is 3.21. The Hall–Kier alpha value is -3.10. The Bertz CT molecular complexity index is 826. The van der Waals surface area contributed by atoms with E-state index in [1.54, 1.807) is 6.20 Å². The molecule has 2 aromatic heterocycles. The Kier molecular flexibility index (Phi) is 5.58. The number of benzene rings is 1. The van der Waals surface area contributed by atoms with Crippen molar-refractivity contribution in [2.24, 2.45) is 7.05 Å². The van der Waals surface area contributed by atoms with E-state index in [9.17, 15) is 13.2 Å². The molecule has 132 valence electrons. The Labute approximate surface area is 141 Å². The number of aryl methyl sites for hydroxylation is 1. The summed E-state index contributed by atoms with van der Waals surface area (Å²) in [5, 5.41) is 11.3. The lowest BCUT2D eigenvalue weighted by Crippen LogP contribution is -2.21. The number of carboxylic acid groups (broad SMARTS) is 1. The van der Waals surface area contributed by atoms with E-state index in [4.69, 9.17) is 9.90 Å². The Morgan fingerprint density at radius 1 is 1.24 bits per heavy atom. The molecular weight excluding hydrogens is 337 g/mol. The van der Waals surface area contributed by atoms with Crippen LogP contribution in [0, 0.1) is 0 Å². The average Bonchev–Trinajstić information content (AvgIpc) is 3.19. The quantitative estimate of drug-likeness (QED) is 0.787. The SMILES string of the molecule is Cn1nccc1-c1cccc(Cn2ccnc2)c1.O=C(O)C(F)(F)F. The van der Waals surface area contributed by atoms with Crippen LogP contribution in [0.5, 0.6) is 0 Å². The summed E-state index contributed by atoms with van der Waals surface area (Å²) in [5.41, 5.74) is 3.57. The number of aromatic nitrogens is 4. The first kappa shape index (κ1) is 18.2. The van der Waals surface area contributed by atoms with Gasteiger partial charge in [0.25, 0.3) is 0 Å². The molecule has 0 atom stereocenters. The maximum absolute atomic E-state index is 10.6. The summed E-state index contributed by atoms with van der Waals surface area (Å²) < 4.78 is 35.7. The third kappa shape index (κ3) is 5.20. The van der Waals surface area contributed by atoms with E-state index in [2.05, 4.69) is 38.9 Å². The predicted molar refractivity (Wildman–Crippen MR) is 83.7 cm³/mol. The summed E-state index contributed by atoms with van der Waals surface area (Å²) in [6, 6.07) is 10.5. The first-order valence-corrected chi connectivity index (χ1v) is 7.10. The lowest BCUT2D eigenvalue weighted by molar-refractivity contribution is -0.192. The minimum atomic E-state index is -5.08. The van der Waals surface area contributed by atoms with Crippen LogP contribution >= 0.6 is 0 Å². The normalized spacial score (nSPS) is 10.9. The van der Waals surface area contributed by atoms with Gasteiger partial charge in [0.15, 0.2) is 0 Å². The van der Waals surface area contributed by atoms with Crippen molar-refractivity contribution in [3.8, 4) is 11.3 Å². The molecule has 0 unspecified atom stereocenters. The molecule has 25 heavy (non-hydrogen) atoms. The molecule has 1 N–H and O–H groups in total. The minimum Gasteiger partial charge on any atom is -0.475 e. The summed E-state index contributed by atoms with van der Waals surface area (Å²) in [6.45, 7) is 0.839. The van der Waals surface area contributed by atoms with E-state index in [1.807, 2.05) is 36.5 Å². The number of hydrogen-bond donors (Lipinski definition) is 1. The molecule has 0 amide bonds. The van der Waals surface area contributed by atoms with Crippen molar-refractivity contribution < 1.29 is 23.1 Å². The number of hydrogen-bond acceptors (Lipinski definition) is 3. The molecule has 0 radical (unpaired) electrons. The van der Waals surface area contributed by atoms with Crippen LogP contribution in [0.2, 0.25) is 0 Å². The zero-order valence-electron chi connectivity index (χ0n) is 13.2. The number of imidazole rings is 1. The van der Waals surface area contributed by atoms with Gasteiger partial charge in [0.05, 0.1) is 12.0 Å². The number of nitrogens with zero attached hydrogens (tertiary/aromatic N) is 4. The third-order valence-corrected chi connectivity index (χ3v) is 3.21. The number of aliphatic carboxylic acids is 1. The van der Waals surface area contributed by atoms with E-state index in [1.165, 1.54) is 11.1 Å². The zero-order valence-corrected chi connectivity index (χ0v) is 13.2. The molecule has 3 rings (SSSR count). The molecule has 0 aliphatic heterocycles. The van der Waals surface area contributed by atoms with E-state index < -0.39 is 12.1 Å². The van der Waals surface area contributed by atoms with Crippen molar-refractivity contribution in [3.63, 3.8) is 0 Å². The molecule has 0 saturated carbocycles. The number of rotatable bonds is 3. The first-order valence-electron chi connectivity index (χ1n) is 7.10. The second-order valence-electron chi connectivity index (χ2n) is 5.08. The van der Waals surface area contributed by atoms with Crippen molar-refractivity contribution in [2.45, 2.75) is 12.7 Å². The van der Waals surface area contributed by atoms with Crippen LogP contribution in [0.4, 0.5) is 13.2 Å².